The Kier molecular flexibility index (Phi) is 5.19. The number of nitrogens with zero attached hydrogens (tertiary/aromatic N) is 5. The maximum Gasteiger partial charge on any atom is 0.270 e. The third-order valence-electron chi connectivity index (χ3n) is 6.00. The average Bonchev–Trinajstić information content (AvgIpc) is 3.52. The number of aromatic nitrogens is 4. The zero-order valence-corrected chi connectivity index (χ0v) is 17.2. The van der Waals surface area contributed by atoms with Crippen molar-refractivity contribution in [3.8, 4) is 23.0 Å². The Labute approximate surface area is 180 Å². The van der Waals surface area contributed by atoms with E-state index >= 15 is 0 Å². The molecule has 0 radical (unpaired) electrons. The molecule has 0 bridgehead atoms. The summed E-state index contributed by atoms with van der Waals surface area (Å²) in [7, 11) is 0. The van der Waals surface area contributed by atoms with Crippen molar-refractivity contribution in [3.05, 3.63) is 48.3 Å². The predicted octanol–water partition coefficient (Wildman–Crippen LogP) is 3.58. The normalized spacial score (nSPS) is 17.0. The number of carbonyl (C=O) groups is 1. The first-order valence-electron chi connectivity index (χ1n) is 10.7. The second kappa shape index (κ2) is 8.29. The smallest absolute Gasteiger partial charge is 0.270 e. The van der Waals surface area contributed by atoms with Gasteiger partial charge < -0.3 is 15.1 Å². The Hall–Kier alpha value is -3.55. The van der Waals surface area contributed by atoms with E-state index in [2.05, 4.69) is 26.2 Å². The van der Waals surface area contributed by atoms with Crippen LogP contribution in [-0.4, -0.2) is 44.1 Å². The quantitative estimate of drug-likeness (QED) is 0.692. The van der Waals surface area contributed by atoms with Crippen LogP contribution in [0.1, 0.15) is 37.8 Å². The molecule has 0 atom stereocenters. The number of anilines is 1. The molecule has 3 heterocycles. The molecule has 2 N–H and O–H groups in total. The number of carbonyl (C=O) groups excluding carboxylic acids is 1. The van der Waals surface area contributed by atoms with Gasteiger partial charge in [-0.1, -0.05) is 37.1 Å². The van der Waals surface area contributed by atoms with Crippen LogP contribution in [0.2, 0.25) is 0 Å². The van der Waals surface area contributed by atoms with Crippen molar-refractivity contribution >= 4 is 17.3 Å². The summed E-state index contributed by atoms with van der Waals surface area (Å²) in [4.78, 5) is 23.6. The molecule has 0 spiro atoms. The minimum absolute atomic E-state index is 0.203. The van der Waals surface area contributed by atoms with E-state index in [4.69, 9.17) is 10.2 Å². The summed E-state index contributed by atoms with van der Waals surface area (Å²) in [6.45, 7) is 1.30. The Balaban J connectivity index is 1.36. The van der Waals surface area contributed by atoms with Crippen molar-refractivity contribution in [1.82, 2.24) is 25.1 Å². The number of hydrogen-bond acceptors (Lipinski definition) is 7. The first-order valence-corrected chi connectivity index (χ1v) is 10.7. The minimum atomic E-state index is 0.203. The highest BCUT2D eigenvalue weighted by Gasteiger charge is 2.28. The molecule has 2 aliphatic rings. The molecule has 0 unspecified atom stereocenters. The largest absolute Gasteiger partial charge is 0.414 e. The number of hydrogen-bond donors (Lipinski definition) is 1. The predicted molar refractivity (Wildman–Crippen MR) is 116 cm³/mol. The monoisotopic (exact) mass is 416 g/mol. The zero-order chi connectivity index (χ0) is 21.2. The Morgan fingerprint density at radius 3 is 2.61 bits per heavy atom. The van der Waals surface area contributed by atoms with Gasteiger partial charge in [-0.3, -0.25) is 4.79 Å². The van der Waals surface area contributed by atoms with Crippen molar-refractivity contribution in [3.63, 3.8) is 0 Å². The van der Waals surface area contributed by atoms with Crippen molar-refractivity contribution in [2.75, 3.05) is 18.8 Å². The van der Waals surface area contributed by atoms with Gasteiger partial charge in [0, 0.05) is 24.6 Å². The molecule has 8 heteroatoms. The maximum absolute atomic E-state index is 12.7. The van der Waals surface area contributed by atoms with Crippen molar-refractivity contribution in [2.45, 2.75) is 32.1 Å². The fourth-order valence-electron chi connectivity index (χ4n) is 4.26. The van der Waals surface area contributed by atoms with Crippen LogP contribution in [0.25, 0.3) is 28.6 Å². The maximum atomic E-state index is 12.7. The van der Waals surface area contributed by atoms with Crippen LogP contribution in [0.5, 0.6) is 0 Å². The molecular weight excluding hydrogens is 392 g/mol. The first-order chi connectivity index (χ1) is 15.2. The Morgan fingerprint density at radius 1 is 1.10 bits per heavy atom. The number of nitrogens with two attached hydrogens (primary N) is 1. The molecule has 1 fully saturated rings. The molecule has 2 aromatic heterocycles. The zero-order valence-electron chi connectivity index (χ0n) is 17.2. The average molecular weight is 416 g/mol. The molecule has 8 nitrogen and oxygen atoms in total. The van der Waals surface area contributed by atoms with Crippen LogP contribution in [-0.2, 0) is 4.79 Å². The standard InChI is InChI=1S/C23H24N6O2/c24-20-19(22-28-27-21(31-22)16-6-2-1-3-7-16)26-18(14-25-20)15-10-12-29(13-11-15)23(30)17-8-4-5-9-17/h1-3,6-7,10,14,17H,4-5,8-9,11-13H2,(H2,24,25). The SMILES string of the molecule is Nc1ncc(C2=CCN(C(=O)C3CCCC3)CC2)nc1-c1nnc(-c2ccccc2)o1. The lowest BCUT2D eigenvalue weighted by molar-refractivity contribution is -0.134. The molecule has 1 aromatic carbocycles. The van der Waals surface area contributed by atoms with Crippen LogP contribution in [0.4, 0.5) is 5.82 Å². The topological polar surface area (TPSA) is 111 Å². The number of rotatable bonds is 4. The van der Waals surface area contributed by atoms with Gasteiger partial charge in [0.2, 0.25) is 11.8 Å². The molecule has 158 valence electrons. The Bertz CT molecular complexity index is 1120. The molecular formula is C23H24N6O2. The number of benzene rings is 1. The van der Waals surface area contributed by atoms with Crippen molar-refractivity contribution in [1.29, 1.82) is 0 Å². The van der Waals surface area contributed by atoms with Gasteiger partial charge in [-0.05, 0) is 37.0 Å². The van der Waals surface area contributed by atoms with Crippen LogP contribution in [0.3, 0.4) is 0 Å². The van der Waals surface area contributed by atoms with Gasteiger partial charge in [-0.15, -0.1) is 10.2 Å². The highest BCUT2D eigenvalue weighted by Crippen LogP contribution is 2.30. The summed E-state index contributed by atoms with van der Waals surface area (Å²) >= 11 is 0. The molecule has 31 heavy (non-hydrogen) atoms. The molecule has 1 saturated carbocycles. The van der Waals surface area contributed by atoms with E-state index in [9.17, 15) is 4.79 Å². The second-order valence-electron chi connectivity index (χ2n) is 8.01. The van der Waals surface area contributed by atoms with Crippen LogP contribution in [0, 0.1) is 5.92 Å². The summed E-state index contributed by atoms with van der Waals surface area (Å²) < 4.78 is 5.81. The number of nitrogen functional groups attached to an aromatic ring is 1. The van der Waals surface area contributed by atoms with E-state index in [1.54, 1.807) is 6.20 Å². The highest BCUT2D eigenvalue weighted by atomic mass is 16.4. The summed E-state index contributed by atoms with van der Waals surface area (Å²) in [5.74, 6) is 1.37. The van der Waals surface area contributed by atoms with E-state index in [0.29, 0.717) is 24.7 Å². The van der Waals surface area contributed by atoms with Crippen LogP contribution >= 0.6 is 0 Å². The summed E-state index contributed by atoms with van der Waals surface area (Å²) in [6, 6.07) is 9.53. The van der Waals surface area contributed by atoms with Gasteiger partial charge in [-0.2, -0.15) is 0 Å². The second-order valence-corrected chi connectivity index (χ2v) is 8.01. The van der Waals surface area contributed by atoms with E-state index in [1.165, 1.54) is 0 Å². The molecule has 5 rings (SSSR count). The fraction of sp³-hybridized carbons (Fsp3) is 0.348. The highest BCUT2D eigenvalue weighted by molar-refractivity contribution is 5.80. The lowest BCUT2D eigenvalue weighted by atomic mass is 10.0. The van der Waals surface area contributed by atoms with Gasteiger partial charge >= 0.3 is 0 Å². The number of amides is 1. The van der Waals surface area contributed by atoms with Crippen LogP contribution in [0.15, 0.2) is 47.0 Å². The summed E-state index contributed by atoms with van der Waals surface area (Å²) in [5.41, 5.74) is 9.02. The molecule has 0 saturated heterocycles. The minimum Gasteiger partial charge on any atom is -0.414 e. The van der Waals surface area contributed by atoms with Gasteiger partial charge in [0.05, 0.1) is 11.9 Å². The van der Waals surface area contributed by atoms with Gasteiger partial charge in [0.1, 0.15) is 0 Å². The van der Waals surface area contributed by atoms with Crippen LogP contribution < -0.4 is 5.73 Å². The lowest BCUT2D eigenvalue weighted by Gasteiger charge is -2.28. The van der Waals surface area contributed by atoms with Crippen molar-refractivity contribution < 1.29 is 9.21 Å². The molecule has 3 aromatic rings. The third kappa shape index (κ3) is 3.93. The summed E-state index contributed by atoms with van der Waals surface area (Å²) in [5, 5.41) is 8.23. The van der Waals surface area contributed by atoms with E-state index in [-0.39, 0.29) is 23.5 Å². The molecule has 1 aliphatic carbocycles. The Morgan fingerprint density at radius 2 is 1.87 bits per heavy atom. The lowest BCUT2D eigenvalue weighted by Crippen LogP contribution is -2.38. The van der Waals surface area contributed by atoms with Gasteiger partial charge in [0.15, 0.2) is 11.5 Å². The molecule has 1 amide bonds. The first kappa shape index (κ1) is 19.4. The van der Waals surface area contributed by atoms with E-state index < -0.39 is 0 Å². The summed E-state index contributed by atoms with van der Waals surface area (Å²) in [6.07, 6.45) is 8.82. The third-order valence-corrected chi connectivity index (χ3v) is 6.00. The van der Waals surface area contributed by atoms with Gasteiger partial charge in [0.25, 0.3) is 5.89 Å². The van der Waals surface area contributed by atoms with E-state index in [1.807, 2.05) is 35.2 Å². The van der Waals surface area contributed by atoms with Gasteiger partial charge in [-0.25, -0.2) is 9.97 Å². The fourth-order valence-corrected chi connectivity index (χ4v) is 4.26. The molecule has 1 aliphatic heterocycles. The van der Waals surface area contributed by atoms with E-state index in [0.717, 1.165) is 48.9 Å². The van der Waals surface area contributed by atoms with Crippen molar-refractivity contribution in [2.24, 2.45) is 5.92 Å².